The molecule has 114 valence electrons. The Morgan fingerprint density at radius 3 is 2.62 bits per heavy atom. The van der Waals surface area contributed by atoms with Gasteiger partial charge in [0.05, 0.1) is 6.61 Å². The van der Waals surface area contributed by atoms with Crippen LogP contribution in [0.2, 0.25) is 0 Å². The van der Waals surface area contributed by atoms with Crippen molar-refractivity contribution in [1.82, 2.24) is 4.90 Å². The molecule has 0 aromatic heterocycles. The Kier molecular flexibility index (Phi) is 7.81. The summed E-state index contributed by atoms with van der Waals surface area (Å²) in [6.07, 6.45) is 1.06. The van der Waals surface area contributed by atoms with Gasteiger partial charge in [-0.2, -0.15) is 0 Å². The van der Waals surface area contributed by atoms with Crippen molar-refractivity contribution in [2.45, 2.75) is 10.8 Å². The number of carbonyl (C=O) groups is 2. The molecule has 1 rings (SSSR count). The third-order valence-corrected chi connectivity index (χ3v) is 3.38. The van der Waals surface area contributed by atoms with Gasteiger partial charge in [-0.25, -0.2) is 4.79 Å². The van der Waals surface area contributed by atoms with Gasteiger partial charge in [0.1, 0.15) is 9.67 Å². The number of benzene rings is 1. The molecule has 0 heterocycles. The third-order valence-electron chi connectivity index (χ3n) is 2.48. The highest BCUT2D eigenvalue weighted by Crippen LogP contribution is 2.12. The molecule has 0 bridgehead atoms. The second kappa shape index (κ2) is 9.38. The van der Waals surface area contributed by atoms with Gasteiger partial charge in [-0.05, 0) is 19.1 Å². The summed E-state index contributed by atoms with van der Waals surface area (Å²) in [6, 6.07) is 8.77. The molecule has 1 atom stereocenters. The summed E-state index contributed by atoms with van der Waals surface area (Å²) in [5.74, 6) is 0.109. The van der Waals surface area contributed by atoms with E-state index < -0.39 is 10.0 Å². The van der Waals surface area contributed by atoms with E-state index in [9.17, 15) is 9.59 Å². The molecule has 21 heavy (non-hydrogen) atoms. The van der Waals surface area contributed by atoms with Gasteiger partial charge < -0.3 is 14.4 Å². The Labute approximate surface area is 138 Å². The molecule has 5 nitrogen and oxygen atoms in total. The minimum absolute atomic E-state index is 0.205. The first-order valence-corrected chi connectivity index (χ1v) is 7.76. The summed E-state index contributed by atoms with van der Waals surface area (Å²) >= 11 is 1.95. The number of esters is 1. The molecule has 0 N–H and O–H groups in total. The molecule has 1 aromatic carbocycles. The minimum Gasteiger partial charge on any atom is -0.465 e. The summed E-state index contributed by atoms with van der Waals surface area (Å²) in [5.41, 5.74) is 0. The quantitative estimate of drug-likeness (QED) is 0.304. The first-order chi connectivity index (χ1) is 10.1. The molecule has 0 aliphatic rings. The molecule has 0 fully saturated rings. The van der Waals surface area contributed by atoms with Crippen molar-refractivity contribution < 1.29 is 19.1 Å². The van der Waals surface area contributed by atoms with Crippen LogP contribution in [-0.4, -0.2) is 40.6 Å². The van der Waals surface area contributed by atoms with Crippen molar-refractivity contribution in [3.05, 3.63) is 43.0 Å². The van der Waals surface area contributed by atoms with E-state index in [1.54, 1.807) is 37.3 Å². The number of amides is 1. The van der Waals surface area contributed by atoms with E-state index in [-0.39, 0.29) is 12.5 Å². The number of carbonyl (C=O) groups excluding carboxylic acids is 2. The van der Waals surface area contributed by atoms with Crippen LogP contribution in [-0.2, 0) is 9.53 Å². The van der Waals surface area contributed by atoms with E-state index in [1.165, 1.54) is 4.90 Å². The van der Waals surface area contributed by atoms with Crippen molar-refractivity contribution in [1.29, 1.82) is 0 Å². The van der Waals surface area contributed by atoms with Crippen LogP contribution in [0.15, 0.2) is 43.0 Å². The predicted molar refractivity (Wildman–Crippen MR) is 88.7 cm³/mol. The number of rotatable bonds is 7. The number of nitrogens with zero attached hydrogens (tertiary/aromatic N) is 1. The molecule has 6 heteroatoms. The number of para-hydroxylation sites is 1. The Morgan fingerprint density at radius 2 is 2.05 bits per heavy atom. The molecule has 1 unspecified atom stereocenters. The summed E-state index contributed by atoms with van der Waals surface area (Å²) in [6.45, 7) is 6.17. The third kappa shape index (κ3) is 6.16. The molecule has 1 aromatic rings. The summed E-state index contributed by atoms with van der Waals surface area (Å²) in [7, 11) is 0. The molecule has 0 saturated carbocycles. The number of ether oxygens (including phenoxy) is 2. The molecule has 1 amide bonds. The van der Waals surface area contributed by atoms with E-state index >= 15 is 0 Å². The van der Waals surface area contributed by atoms with Crippen molar-refractivity contribution in [3.63, 3.8) is 0 Å². The van der Waals surface area contributed by atoms with E-state index in [4.69, 9.17) is 9.47 Å². The lowest BCUT2D eigenvalue weighted by Gasteiger charge is -2.22. The average Bonchev–Trinajstić information content (AvgIpc) is 2.48. The number of halogens is 1. The van der Waals surface area contributed by atoms with Crippen LogP contribution in [0.5, 0.6) is 5.75 Å². The molecular weight excluding hydrogens is 385 g/mol. The van der Waals surface area contributed by atoms with Crippen LogP contribution in [0, 0.1) is 0 Å². The largest absolute Gasteiger partial charge is 0.465 e. The fourth-order valence-electron chi connectivity index (χ4n) is 1.53. The molecule has 0 radical (unpaired) electrons. The van der Waals surface area contributed by atoms with E-state index in [1.807, 2.05) is 28.7 Å². The maximum atomic E-state index is 12.1. The highest BCUT2D eigenvalue weighted by atomic mass is 127. The zero-order valence-corrected chi connectivity index (χ0v) is 14.0. The SMILES string of the molecule is C=CCN(CC(I)C(=O)OCC)C(=O)Oc1ccccc1. The van der Waals surface area contributed by atoms with Crippen LogP contribution in [0.3, 0.4) is 0 Å². The van der Waals surface area contributed by atoms with Gasteiger partial charge in [0.25, 0.3) is 0 Å². The molecular formula is C15H18INO4. The van der Waals surface area contributed by atoms with Gasteiger partial charge in [0.2, 0.25) is 0 Å². The smallest absolute Gasteiger partial charge is 0.415 e. The van der Waals surface area contributed by atoms with Crippen LogP contribution in [0.1, 0.15) is 6.92 Å². The second-order valence-electron chi connectivity index (χ2n) is 4.09. The summed E-state index contributed by atoms with van der Waals surface area (Å²) < 4.78 is 9.73. The standard InChI is InChI=1S/C15H18INO4/c1-3-10-17(11-13(16)14(18)20-4-2)15(19)21-12-8-6-5-7-9-12/h3,5-9,13H,1,4,10-11H2,2H3. The van der Waals surface area contributed by atoms with Crippen LogP contribution in [0.4, 0.5) is 4.79 Å². The van der Waals surface area contributed by atoms with Crippen molar-refractivity contribution in [2.24, 2.45) is 0 Å². The predicted octanol–water partition coefficient (Wildman–Crippen LogP) is 3.04. The number of hydrogen-bond acceptors (Lipinski definition) is 4. The Morgan fingerprint density at radius 1 is 1.38 bits per heavy atom. The first-order valence-electron chi connectivity index (χ1n) is 6.51. The maximum absolute atomic E-state index is 12.1. The van der Waals surface area contributed by atoms with E-state index in [2.05, 4.69) is 6.58 Å². The van der Waals surface area contributed by atoms with Gasteiger partial charge >= 0.3 is 12.1 Å². The van der Waals surface area contributed by atoms with Gasteiger partial charge in [0, 0.05) is 13.1 Å². The van der Waals surface area contributed by atoms with Crippen LogP contribution >= 0.6 is 22.6 Å². The lowest BCUT2D eigenvalue weighted by atomic mass is 10.3. The van der Waals surface area contributed by atoms with Crippen molar-refractivity contribution >= 4 is 34.7 Å². The normalized spacial score (nSPS) is 11.3. The second-order valence-corrected chi connectivity index (χ2v) is 5.60. The van der Waals surface area contributed by atoms with Gasteiger partial charge in [-0.3, -0.25) is 4.79 Å². The lowest BCUT2D eigenvalue weighted by molar-refractivity contribution is -0.142. The van der Waals surface area contributed by atoms with Crippen LogP contribution in [0.25, 0.3) is 0 Å². The highest BCUT2D eigenvalue weighted by molar-refractivity contribution is 14.1. The van der Waals surface area contributed by atoms with Gasteiger partial charge in [-0.15, -0.1) is 6.58 Å². The Bertz CT molecular complexity index is 478. The van der Waals surface area contributed by atoms with Gasteiger partial charge in [-0.1, -0.05) is 46.9 Å². The first kappa shape index (κ1) is 17.5. The number of hydrogen-bond donors (Lipinski definition) is 0. The Hall–Kier alpha value is -1.57. The van der Waals surface area contributed by atoms with Crippen LogP contribution < -0.4 is 4.74 Å². The van der Waals surface area contributed by atoms with Crippen molar-refractivity contribution in [3.8, 4) is 5.75 Å². The number of alkyl halides is 1. The monoisotopic (exact) mass is 403 g/mol. The molecule has 0 aliphatic carbocycles. The molecule has 0 saturated heterocycles. The molecule has 0 aliphatic heterocycles. The zero-order chi connectivity index (χ0) is 15.7. The summed E-state index contributed by atoms with van der Waals surface area (Å²) in [4.78, 5) is 25.2. The minimum atomic E-state index is -0.521. The molecule has 0 spiro atoms. The maximum Gasteiger partial charge on any atom is 0.415 e. The fourth-order valence-corrected chi connectivity index (χ4v) is 2.19. The lowest BCUT2D eigenvalue weighted by Crippen LogP contribution is -2.40. The van der Waals surface area contributed by atoms with E-state index in [0.29, 0.717) is 18.9 Å². The fraction of sp³-hybridized carbons (Fsp3) is 0.333. The zero-order valence-electron chi connectivity index (χ0n) is 11.8. The average molecular weight is 403 g/mol. The van der Waals surface area contributed by atoms with E-state index in [0.717, 1.165) is 0 Å². The van der Waals surface area contributed by atoms with Gasteiger partial charge in [0.15, 0.2) is 0 Å². The highest BCUT2D eigenvalue weighted by Gasteiger charge is 2.23. The summed E-state index contributed by atoms with van der Waals surface area (Å²) in [5, 5.41) is 0. The Balaban J connectivity index is 2.65. The topological polar surface area (TPSA) is 55.8 Å². The van der Waals surface area contributed by atoms with Crippen molar-refractivity contribution in [2.75, 3.05) is 19.7 Å².